The van der Waals surface area contributed by atoms with Gasteiger partial charge in [0, 0.05) is 19.1 Å². The van der Waals surface area contributed by atoms with E-state index in [1.54, 1.807) is 7.11 Å². The first-order valence-electron chi connectivity index (χ1n) is 13.6. The molecule has 1 spiro atoms. The third-order valence-corrected chi connectivity index (χ3v) is 8.65. The van der Waals surface area contributed by atoms with Gasteiger partial charge in [-0.1, -0.05) is 42.5 Å². The normalized spacial score (nSPS) is 20.8. The van der Waals surface area contributed by atoms with E-state index >= 15 is 0 Å². The molecule has 2 heterocycles. The zero-order valence-corrected chi connectivity index (χ0v) is 21.5. The summed E-state index contributed by atoms with van der Waals surface area (Å²) >= 11 is 0. The topological polar surface area (TPSA) is 61.9 Å². The average Bonchev–Trinajstić information content (AvgIpc) is 3.18. The highest BCUT2D eigenvalue weighted by Gasteiger charge is 2.47. The molecule has 1 unspecified atom stereocenters. The Labute approximate surface area is 215 Å². The van der Waals surface area contributed by atoms with E-state index < -0.39 is 0 Å². The minimum absolute atomic E-state index is 0.115. The Kier molecular flexibility index (Phi) is 7.61. The number of nitrogens with zero attached hydrogens (tertiary/aromatic N) is 2. The molecule has 2 amide bonds. The predicted octanol–water partition coefficient (Wildman–Crippen LogP) is 4.35. The Morgan fingerprint density at radius 3 is 2.36 bits per heavy atom. The van der Waals surface area contributed by atoms with Crippen LogP contribution in [0.1, 0.15) is 62.0 Å². The van der Waals surface area contributed by atoms with Crippen molar-refractivity contribution in [1.82, 2.24) is 15.1 Å². The van der Waals surface area contributed by atoms with Crippen molar-refractivity contribution in [1.29, 1.82) is 0 Å². The molecule has 1 atom stereocenters. The first-order chi connectivity index (χ1) is 17.6. The van der Waals surface area contributed by atoms with Gasteiger partial charge < -0.3 is 19.9 Å². The van der Waals surface area contributed by atoms with Gasteiger partial charge in [0.15, 0.2) is 0 Å². The number of nitrogens with one attached hydrogen (secondary N) is 1. The molecule has 1 aliphatic carbocycles. The maximum atomic E-state index is 13.4. The summed E-state index contributed by atoms with van der Waals surface area (Å²) in [4.78, 5) is 31.0. The number of rotatable bonds is 9. The molecule has 6 heteroatoms. The number of methoxy groups -OCH3 is 1. The monoisotopic (exact) mass is 489 g/mol. The van der Waals surface area contributed by atoms with Gasteiger partial charge in [-0.3, -0.25) is 9.59 Å². The lowest BCUT2D eigenvalue weighted by molar-refractivity contribution is -0.138. The lowest BCUT2D eigenvalue weighted by Crippen LogP contribution is -2.46. The molecule has 2 aromatic carbocycles. The zero-order chi connectivity index (χ0) is 25.0. The number of hydrogen-bond acceptors (Lipinski definition) is 4. The number of ether oxygens (including phenoxy) is 1. The number of amides is 2. The minimum atomic E-state index is -0.205. The van der Waals surface area contributed by atoms with Gasteiger partial charge in [-0.05, 0) is 87.8 Å². The lowest BCUT2D eigenvalue weighted by Gasteiger charge is -2.38. The standard InChI is InChI=1S/C30H39N3O3/c1-36-26-12-10-23(11-13-26)22-33-21-17-30(29(33)35)15-19-32(20-16-30)18-14-27(24-6-3-2-4-7-24)28(34)31-25-8-5-9-25/h2-4,6-7,10-13,25,27H,5,8-9,14-22H2,1H3,(H,31,34). The third kappa shape index (κ3) is 5.44. The molecule has 2 aromatic rings. The molecule has 1 saturated carbocycles. The van der Waals surface area contributed by atoms with E-state index in [1.165, 1.54) is 6.42 Å². The summed E-state index contributed by atoms with van der Waals surface area (Å²) < 4.78 is 5.25. The largest absolute Gasteiger partial charge is 0.497 e. The first kappa shape index (κ1) is 24.8. The van der Waals surface area contributed by atoms with Crippen molar-refractivity contribution in [3.8, 4) is 5.75 Å². The van der Waals surface area contributed by atoms with E-state index in [-0.39, 0.29) is 17.2 Å². The van der Waals surface area contributed by atoms with Gasteiger partial charge in [-0.15, -0.1) is 0 Å². The fraction of sp³-hybridized carbons (Fsp3) is 0.533. The number of hydrogen-bond donors (Lipinski definition) is 1. The molecule has 0 aromatic heterocycles. The smallest absolute Gasteiger partial charge is 0.229 e. The van der Waals surface area contributed by atoms with Crippen LogP contribution >= 0.6 is 0 Å². The lowest BCUT2D eigenvalue weighted by atomic mass is 9.77. The Hall–Kier alpha value is -2.86. The van der Waals surface area contributed by atoms with Gasteiger partial charge in [-0.2, -0.15) is 0 Å². The van der Waals surface area contributed by atoms with Crippen LogP contribution in [0.25, 0.3) is 0 Å². The van der Waals surface area contributed by atoms with E-state index in [4.69, 9.17) is 4.74 Å². The minimum Gasteiger partial charge on any atom is -0.497 e. The van der Waals surface area contributed by atoms with Gasteiger partial charge in [0.25, 0.3) is 0 Å². The van der Waals surface area contributed by atoms with Gasteiger partial charge in [0.2, 0.25) is 11.8 Å². The highest BCUT2D eigenvalue weighted by atomic mass is 16.5. The van der Waals surface area contributed by atoms with Crippen LogP contribution in [0.4, 0.5) is 0 Å². The van der Waals surface area contributed by atoms with Crippen molar-refractivity contribution in [2.75, 3.05) is 33.3 Å². The molecular formula is C30H39N3O3. The summed E-state index contributed by atoms with van der Waals surface area (Å²) in [5.41, 5.74) is 2.04. The Morgan fingerprint density at radius 1 is 1.03 bits per heavy atom. The van der Waals surface area contributed by atoms with Gasteiger partial charge in [0.05, 0.1) is 18.4 Å². The van der Waals surface area contributed by atoms with E-state index in [9.17, 15) is 9.59 Å². The van der Waals surface area contributed by atoms with Crippen molar-refractivity contribution >= 4 is 11.8 Å². The molecule has 3 fully saturated rings. The maximum absolute atomic E-state index is 13.4. The Balaban J connectivity index is 1.14. The van der Waals surface area contributed by atoms with Crippen molar-refractivity contribution in [2.24, 2.45) is 5.41 Å². The second-order valence-corrected chi connectivity index (χ2v) is 10.8. The number of likely N-dealkylation sites (tertiary alicyclic amines) is 2. The molecule has 36 heavy (non-hydrogen) atoms. The summed E-state index contributed by atoms with van der Waals surface area (Å²) in [5.74, 6) is 1.21. The van der Waals surface area contributed by atoms with Crippen LogP contribution < -0.4 is 10.1 Å². The molecule has 2 saturated heterocycles. The predicted molar refractivity (Wildman–Crippen MR) is 141 cm³/mol. The molecule has 0 radical (unpaired) electrons. The van der Waals surface area contributed by atoms with E-state index in [0.29, 0.717) is 18.5 Å². The van der Waals surface area contributed by atoms with Crippen LogP contribution in [-0.4, -0.2) is 60.9 Å². The molecule has 3 aliphatic rings. The van der Waals surface area contributed by atoms with Crippen LogP contribution in [0.15, 0.2) is 54.6 Å². The second-order valence-electron chi connectivity index (χ2n) is 10.8. The first-order valence-corrected chi connectivity index (χ1v) is 13.6. The second kappa shape index (κ2) is 11.0. The molecule has 2 aliphatic heterocycles. The number of carbonyl (C=O) groups excluding carboxylic acids is 2. The quantitative estimate of drug-likeness (QED) is 0.569. The maximum Gasteiger partial charge on any atom is 0.229 e. The third-order valence-electron chi connectivity index (χ3n) is 8.65. The molecule has 192 valence electrons. The van der Waals surface area contributed by atoms with E-state index in [1.807, 2.05) is 47.4 Å². The van der Waals surface area contributed by atoms with E-state index in [0.717, 1.165) is 81.6 Å². The summed E-state index contributed by atoms with van der Waals surface area (Å²) in [6.07, 6.45) is 7.01. The van der Waals surface area contributed by atoms with Crippen LogP contribution in [0.5, 0.6) is 5.75 Å². The van der Waals surface area contributed by atoms with Crippen molar-refractivity contribution in [3.05, 3.63) is 65.7 Å². The van der Waals surface area contributed by atoms with Crippen LogP contribution in [0, 0.1) is 5.41 Å². The van der Waals surface area contributed by atoms with Crippen LogP contribution in [0.2, 0.25) is 0 Å². The molecule has 0 bridgehead atoms. The average molecular weight is 490 g/mol. The Bertz CT molecular complexity index is 1030. The zero-order valence-electron chi connectivity index (χ0n) is 21.5. The van der Waals surface area contributed by atoms with Gasteiger partial charge in [-0.25, -0.2) is 0 Å². The van der Waals surface area contributed by atoms with E-state index in [2.05, 4.69) is 22.3 Å². The molecular weight excluding hydrogens is 450 g/mol. The highest BCUT2D eigenvalue weighted by Crippen LogP contribution is 2.42. The van der Waals surface area contributed by atoms with Crippen LogP contribution in [0.3, 0.4) is 0 Å². The van der Waals surface area contributed by atoms with Gasteiger partial charge in [0.1, 0.15) is 5.75 Å². The van der Waals surface area contributed by atoms with Gasteiger partial charge >= 0.3 is 0 Å². The SMILES string of the molecule is COc1ccc(CN2CCC3(CCN(CCC(C(=O)NC4CCC4)c4ccccc4)CC3)C2=O)cc1. The number of carbonyl (C=O) groups is 2. The fourth-order valence-electron chi connectivity index (χ4n) is 5.96. The highest BCUT2D eigenvalue weighted by molar-refractivity contribution is 5.85. The van der Waals surface area contributed by atoms with Crippen molar-refractivity contribution in [2.45, 2.75) is 63.5 Å². The molecule has 1 N–H and O–H groups in total. The fourth-order valence-corrected chi connectivity index (χ4v) is 5.96. The number of benzene rings is 2. The van der Waals surface area contributed by atoms with Crippen molar-refractivity contribution in [3.63, 3.8) is 0 Å². The summed E-state index contributed by atoms with van der Waals surface area (Å²) in [7, 11) is 1.67. The summed E-state index contributed by atoms with van der Waals surface area (Å²) in [6, 6.07) is 18.6. The summed E-state index contributed by atoms with van der Waals surface area (Å²) in [5, 5.41) is 3.26. The Morgan fingerprint density at radius 2 is 1.72 bits per heavy atom. The molecule has 5 rings (SSSR count). The number of piperidine rings is 1. The van der Waals surface area contributed by atoms with Crippen molar-refractivity contribution < 1.29 is 14.3 Å². The van der Waals surface area contributed by atoms with Crippen LogP contribution in [-0.2, 0) is 16.1 Å². The summed E-state index contributed by atoms with van der Waals surface area (Å²) in [6.45, 7) is 4.24. The molecule has 6 nitrogen and oxygen atoms in total.